The summed E-state index contributed by atoms with van der Waals surface area (Å²) in [7, 11) is 0. The summed E-state index contributed by atoms with van der Waals surface area (Å²) in [6.45, 7) is 6.37. The normalized spacial score (nSPS) is 26.4. The molecule has 2 heteroatoms. The SMILES string of the molecule is C=CCOC1CCNC1. The number of hydrogen-bond donors (Lipinski definition) is 1. The molecule has 1 atom stereocenters. The summed E-state index contributed by atoms with van der Waals surface area (Å²) in [6, 6.07) is 0. The minimum Gasteiger partial charge on any atom is -0.373 e. The van der Waals surface area contributed by atoms with Gasteiger partial charge in [0.05, 0.1) is 12.7 Å². The van der Waals surface area contributed by atoms with E-state index >= 15 is 0 Å². The van der Waals surface area contributed by atoms with Gasteiger partial charge in [-0.15, -0.1) is 6.58 Å². The first-order valence-electron chi connectivity index (χ1n) is 3.36. The van der Waals surface area contributed by atoms with Crippen LogP contribution in [0.25, 0.3) is 0 Å². The molecular weight excluding hydrogens is 114 g/mol. The Morgan fingerprint density at radius 2 is 2.67 bits per heavy atom. The number of hydrogen-bond acceptors (Lipinski definition) is 2. The van der Waals surface area contributed by atoms with E-state index in [1.807, 2.05) is 0 Å². The van der Waals surface area contributed by atoms with E-state index in [9.17, 15) is 0 Å². The number of rotatable bonds is 3. The van der Waals surface area contributed by atoms with Crippen LogP contribution in [-0.4, -0.2) is 25.8 Å². The van der Waals surface area contributed by atoms with Crippen LogP contribution in [0.2, 0.25) is 0 Å². The lowest BCUT2D eigenvalue weighted by atomic mass is 10.3. The molecule has 52 valence electrons. The monoisotopic (exact) mass is 127 g/mol. The van der Waals surface area contributed by atoms with Crippen molar-refractivity contribution < 1.29 is 4.74 Å². The van der Waals surface area contributed by atoms with Crippen LogP contribution in [0.3, 0.4) is 0 Å². The third-order valence-corrected chi connectivity index (χ3v) is 1.46. The van der Waals surface area contributed by atoms with Crippen molar-refractivity contribution in [2.24, 2.45) is 0 Å². The molecule has 0 spiro atoms. The van der Waals surface area contributed by atoms with Gasteiger partial charge in [0.2, 0.25) is 0 Å². The van der Waals surface area contributed by atoms with E-state index in [2.05, 4.69) is 11.9 Å². The molecule has 1 saturated heterocycles. The highest BCUT2D eigenvalue weighted by atomic mass is 16.5. The van der Waals surface area contributed by atoms with Crippen LogP contribution < -0.4 is 5.32 Å². The van der Waals surface area contributed by atoms with Crippen LogP contribution in [0.4, 0.5) is 0 Å². The zero-order chi connectivity index (χ0) is 6.53. The molecule has 1 unspecified atom stereocenters. The molecule has 1 aliphatic rings. The molecule has 0 radical (unpaired) electrons. The Morgan fingerprint density at radius 3 is 3.22 bits per heavy atom. The molecule has 0 bridgehead atoms. The molecule has 0 aromatic heterocycles. The Hall–Kier alpha value is -0.340. The molecule has 0 aromatic rings. The van der Waals surface area contributed by atoms with Gasteiger partial charge in [-0.2, -0.15) is 0 Å². The molecule has 9 heavy (non-hydrogen) atoms. The van der Waals surface area contributed by atoms with Crippen molar-refractivity contribution in [1.29, 1.82) is 0 Å². The summed E-state index contributed by atoms with van der Waals surface area (Å²) in [5.74, 6) is 0. The summed E-state index contributed by atoms with van der Waals surface area (Å²) in [5.41, 5.74) is 0. The van der Waals surface area contributed by atoms with Gasteiger partial charge in [0.25, 0.3) is 0 Å². The summed E-state index contributed by atoms with van der Waals surface area (Å²) >= 11 is 0. The average Bonchev–Trinajstić information content (AvgIpc) is 2.34. The van der Waals surface area contributed by atoms with Gasteiger partial charge in [-0.3, -0.25) is 0 Å². The Morgan fingerprint density at radius 1 is 1.78 bits per heavy atom. The lowest BCUT2D eigenvalue weighted by molar-refractivity contribution is 0.0896. The second-order valence-electron chi connectivity index (χ2n) is 2.24. The van der Waals surface area contributed by atoms with Crippen molar-refractivity contribution in [3.05, 3.63) is 12.7 Å². The molecule has 1 aliphatic heterocycles. The minimum absolute atomic E-state index is 0.433. The van der Waals surface area contributed by atoms with E-state index in [4.69, 9.17) is 4.74 Å². The first-order valence-corrected chi connectivity index (χ1v) is 3.36. The van der Waals surface area contributed by atoms with Gasteiger partial charge in [-0.1, -0.05) is 6.08 Å². The highest BCUT2D eigenvalue weighted by Crippen LogP contribution is 2.01. The van der Waals surface area contributed by atoms with E-state index in [0.29, 0.717) is 12.7 Å². The van der Waals surface area contributed by atoms with Crippen molar-refractivity contribution in [1.82, 2.24) is 5.32 Å². The number of ether oxygens (including phenoxy) is 1. The van der Waals surface area contributed by atoms with Gasteiger partial charge in [-0.25, -0.2) is 0 Å². The molecule has 1 rings (SSSR count). The van der Waals surface area contributed by atoms with Crippen molar-refractivity contribution in [3.63, 3.8) is 0 Å². The maximum Gasteiger partial charge on any atom is 0.0715 e. The molecule has 0 aromatic carbocycles. The van der Waals surface area contributed by atoms with Crippen molar-refractivity contribution >= 4 is 0 Å². The van der Waals surface area contributed by atoms with E-state index in [1.54, 1.807) is 6.08 Å². The fraction of sp³-hybridized carbons (Fsp3) is 0.714. The van der Waals surface area contributed by atoms with Crippen LogP contribution in [0.15, 0.2) is 12.7 Å². The highest BCUT2D eigenvalue weighted by molar-refractivity contribution is 4.73. The maximum atomic E-state index is 5.37. The highest BCUT2D eigenvalue weighted by Gasteiger charge is 2.12. The Bertz CT molecular complexity index is 86.9. The summed E-state index contributed by atoms with van der Waals surface area (Å²) < 4.78 is 5.37. The standard InChI is InChI=1S/C7H13NO/c1-2-5-9-7-3-4-8-6-7/h2,7-8H,1,3-6H2. The van der Waals surface area contributed by atoms with Gasteiger partial charge in [0.15, 0.2) is 0 Å². The number of nitrogens with one attached hydrogen (secondary N) is 1. The summed E-state index contributed by atoms with van der Waals surface area (Å²) in [4.78, 5) is 0. The van der Waals surface area contributed by atoms with Crippen LogP contribution in [-0.2, 0) is 4.74 Å². The average molecular weight is 127 g/mol. The predicted molar refractivity (Wildman–Crippen MR) is 37.4 cm³/mol. The molecule has 1 fully saturated rings. The second kappa shape index (κ2) is 3.64. The predicted octanol–water partition coefficient (Wildman–Crippen LogP) is 0.551. The maximum absolute atomic E-state index is 5.37. The fourth-order valence-electron chi connectivity index (χ4n) is 0.975. The van der Waals surface area contributed by atoms with E-state index in [-0.39, 0.29) is 0 Å². The fourth-order valence-corrected chi connectivity index (χ4v) is 0.975. The van der Waals surface area contributed by atoms with Crippen LogP contribution in [0.5, 0.6) is 0 Å². The Labute approximate surface area is 55.9 Å². The molecule has 2 nitrogen and oxygen atoms in total. The summed E-state index contributed by atoms with van der Waals surface area (Å²) in [5, 5.41) is 3.22. The Kier molecular flexibility index (Phi) is 2.74. The third kappa shape index (κ3) is 2.16. The lowest BCUT2D eigenvalue weighted by Crippen LogP contribution is -2.16. The second-order valence-corrected chi connectivity index (χ2v) is 2.24. The zero-order valence-electron chi connectivity index (χ0n) is 5.60. The van der Waals surface area contributed by atoms with Crippen molar-refractivity contribution in [2.75, 3.05) is 19.7 Å². The molecular formula is C7H13NO. The summed E-state index contributed by atoms with van der Waals surface area (Å²) in [6.07, 6.45) is 3.37. The van der Waals surface area contributed by atoms with Crippen molar-refractivity contribution in [2.45, 2.75) is 12.5 Å². The van der Waals surface area contributed by atoms with Crippen molar-refractivity contribution in [3.8, 4) is 0 Å². The van der Waals surface area contributed by atoms with Gasteiger partial charge >= 0.3 is 0 Å². The molecule has 0 aliphatic carbocycles. The molecule has 1 N–H and O–H groups in total. The minimum atomic E-state index is 0.433. The molecule has 0 saturated carbocycles. The largest absolute Gasteiger partial charge is 0.373 e. The first kappa shape index (κ1) is 6.78. The van der Waals surface area contributed by atoms with Crippen LogP contribution >= 0.6 is 0 Å². The van der Waals surface area contributed by atoms with Crippen LogP contribution in [0, 0.1) is 0 Å². The smallest absolute Gasteiger partial charge is 0.0715 e. The van der Waals surface area contributed by atoms with Gasteiger partial charge in [-0.05, 0) is 13.0 Å². The topological polar surface area (TPSA) is 21.3 Å². The molecule has 0 amide bonds. The quantitative estimate of drug-likeness (QED) is 0.559. The third-order valence-electron chi connectivity index (χ3n) is 1.46. The zero-order valence-corrected chi connectivity index (χ0v) is 5.60. The van der Waals surface area contributed by atoms with E-state index in [1.165, 1.54) is 0 Å². The van der Waals surface area contributed by atoms with E-state index < -0.39 is 0 Å². The van der Waals surface area contributed by atoms with Gasteiger partial charge in [0, 0.05) is 6.54 Å². The van der Waals surface area contributed by atoms with E-state index in [0.717, 1.165) is 19.5 Å². The lowest BCUT2D eigenvalue weighted by Gasteiger charge is -2.06. The first-order chi connectivity index (χ1) is 4.43. The Balaban J connectivity index is 2.04. The van der Waals surface area contributed by atoms with Crippen LogP contribution in [0.1, 0.15) is 6.42 Å². The molecule has 1 heterocycles. The van der Waals surface area contributed by atoms with Gasteiger partial charge < -0.3 is 10.1 Å². The van der Waals surface area contributed by atoms with Gasteiger partial charge in [0.1, 0.15) is 0 Å².